The van der Waals surface area contributed by atoms with Crippen molar-refractivity contribution in [1.29, 1.82) is 0 Å². The predicted molar refractivity (Wildman–Crippen MR) is 61.7 cm³/mol. The second-order valence-corrected chi connectivity index (χ2v) is 5.95. The van der Waals surface area contributed by atoms with Gasteiger partial charge in [0, 0.05) is 0 Å². The van der Waals surface area contributed by atoms with Gasteiger partial charge in [-0.1, -0.05) is 54.4 Å². The third-order valence-corrected chi connectivity index (χ3v) is 2.52. The number of hydrogen-bond donors (Lipinski definition) is 0. The van der Waals surface area contributed by atoms with Gasteiger partial charge in [-0.2, -0.15) is 0 Å². The molecule has 0 rings (SSSR count). The van der Waals surface area contributed by atoms with Crippen LogP contribution in [0.25, 0.3) is 0 Å². The summed E-state index contributed by atoms with van der Waals surface area (Å²) in [6.07, 6.45) is 5.43. The van der Waals surface area contributed by atoms with Crippen LogP contribution in [0.2, 0.25) is 0 Å². The standard InChI is InChI=1S/C13H27/c1-11(2)7-8-12(3)9-10-13(4,5)6/h12H,7-10H2,1-6H3. The molecule has 0 heterocycles. The topological polar surface area (TPSA) is 0 Å². The van der Waals surface area contributed by atoms with Crippen LogP contribution >= 0.6 is 0 Å². The number of hydrogen-bond acceptors (Lipinski definition) is 0. The van der Waals surface area contributed by atoms with Crippen molar-refractivity contribution in [2.24, 2.45) is 11.3 Å². The van der Waals surface area contributed by atoms with Gasteiger partial charge in [0.05, 0.1) is 0 Å². The molecule has 0 aliphatic carbocycles. The average molecular weight is 183 g/mol. The van der Waals surface area contributed by atoms with Gasteiger partial charge in [-0.3, -0.25) is 0 Å². The van der Waals surface area contributed by atoms with Gasteiger partial charge >= 0.3 is 0 Å². The lowest BCUT2D eigenvalue weighted by Gasteiger charge is -2.21. The summed E-state index contributed by atoms with van der Waals surface area (Å²) in [5.41, 5.74) is 0.513. The highest BCUT2D eigenvalue weighted by molar-refractivity contribution is 4.77. The molecule has 0 aromatic rings. The van der Waals surface area contributed by atoms with Crippen LogP contribution in [0, 0.1) is 17.3 Å². The van der Waals surface area contributed by atoms with Gasteiger partial charge in [0.1, 0.15) is 0 Å². The van der Waals surface area contributed by atoms with Crippen molar-refractivity contribution in [1.82, 2.24) is 0 Å². The molecule has 1 unspecified atom stereocenters. The van der Waals surface area contributed by atoms with Crippen molar-refractivity contribution < 1.29 is 0 Å². The maximum Gasteiger partial charge on any atom is -0.0303 e. The third kappa shape index (κ3) is 9.92. The summed E-state index contributed by atoms with van der Waals surface area (Å²) in [5.74, 6) is 2.47. The first-order valence-electron chi connectivity index (χ1n) is 5.60. The highest BCUT2D eigenvalue weighted by atomic mass is 14.2. The van der Waals surface area contributed by atoms with E-state index in [-0.39, 0.29) is 0 Å². The molecule has 0 N–H and O–H groups in total. The fourth-order valence-corrected chi connectivity index (χ4v) is 1.36. The Morgan fingerprint density at radius 2 is 1.62 bits per heavy atom. The largest absolute Gasteiger partial charge is 0.0625 e. The van der Waals surface area contributed by atoms with E-state index in [0.29, 0.717) is 5.41 Å². The molecule has 0 fully saturated rings. The normalized spacial score (nSPS) is 15.0. The van der Waals surface area contributed by atoms with E-state index in [2.05, 4.69) is 41.5 Å². The lowest BCUT2D eigenvalue weighted by atomic mass is 9.85. The summed E-state index contributed by atoms with van der Waals surface area (Å²) < 4.78 is 0. The minimum atomic E-state index is 0.513. The maximum atomic E-state index is 2.38. The van der Waals surface area contributed by atoms with E-state index in [1.165, 1.54) is 25.7 Å². The van der Waals surface area contributed by atoms with Crippen LogP contribution in [0.1, 0.15) is 67.2 Å². The van der Waals surface area contributed by atoms with Gasteiger partial charge in [-0.15, -0.1) is 0 Å². The monoisotopic (exact) mass is 183 g/mol. The Morgan fingerprint density at radius 3 is 2.00 bits per heavy atom. The zero-order valence-electron chi connectivity index (χ0n) is 10.4. The van der Waals surface area contributed by atoms with Gasteiger partial charge < -0.3 is 0 Å². The van der Waals surface area contributed by atoms with E-state index in [1.807, 2.05) is 0 Å². The smallest absolute Gasteiger partial charge is 0.0303 e. The minimum Gasteiger partial charge on any atom is -0.0625 e. The quantitative estimate of drug-likeness (QED) is 0.572. The molecule has 0 aliphatic heterocycles. The van der Waals surface area contributed by atoms with E-state index >= 15 is 0 Å². The fourth-order valence-electron chi connectivity index (χ4n) is 1.36. The molecule has 0 aromatic carbocycles. The molecular weight excluding hydrogens is 156 g/mol. The molecule has 0 aromatic heterocycles. The van der Waals surface area contributed by atoms with Crippen LogP contribution in [0.5, 0.6) is 0 Å². The summed E-state index contributed by atoms with van der Waals surface area (Å²) in [4.78, 5) is 0. The summed E-state index contributed by atoms with van der Waals surface area (Å²) in [6, 6.07) is 0. The molecular formula is C13H27. The van der Waals surface area contributed by atoms with E-state index in [0.717, 1.165) is 5.92 Å². The molecule has 79 valence electrons. The van der Waals surface area contributed by atoms with Crippen molar-refractivity contribution in [3.05, 3.63) is 5.92 Å². The summed E-state index contributed by atoms with van der Waals surface area (Å²) >= 11 is 0. The van der Waals surface area contributed by atoms with E-state index in [4.69, 9.17) is 0 Å². The molecule has 0 saturated carbocycles. The molecule has 13 heavy (non-hydrogen) atoms. The Morgan fingerprint density at radius 1 is 1.08 bits per heavy atom. The highest BCUT2D eigenvalue weighted by Crippen LogP contribution is 2.26. The van der Waals surface area contributed by atoms with Crippen LogP contribution in [0.15, 0.2) is 0 Å². The van der Waals surface area contributed by atoms with Gasteiger partial charge in [0.25, 0.3) is 0 Å². The van der Waals surface area contributed by atoms with Crippen molar-refractivity contribution in [2.45, 2.75) is 67.2 Å². The van der Waals surface area contributed by atoms with Crippen molar-refractivity contribution >= 4 is 0 Å². The molecule has 0 nitrogen and oxygen atoms in total. The maximum absolute atomic E-state index is 2.38. The van der Waals surface area contributed by atoms with Crippen LogP contribution in [-0.4, -0.2) is 0 Å². The lowest BCUT2D eigenvalue weighted by Crippen LogP contribution is -2.08. The molecule has 0 aliphatic rings. The second-order valence-electron chi connectivity index (χ2n) is 5.95. The highest BCUT2D eigenvalue weighted by Gasteiger charge is 2.12. The zero-order chi connectivity index (χ0) is 10.5. The van der Waals surface area contributed by atoms with E-state index < -0.39 is 0 Å². The molecule has 0 amide bonds. The summed E-state index contributed by atoms with van der Waals surface area (Å²) in [7, 11) is 0. The van der Waals surface area contributed by atoms with Crippen LogP contribution in [-0.2, 0) is 0 Å². The molecule has 0 spiro atoms. The predicted octanol–water partition coefficient (Wildman–Crippen LogP) is 4.84. The average Bonchev–Trinajstić information content (AvgIpc) is 1.95. The molecule has 0 bridgehead atoms. The van der Waals surface area contributed by atoms with Crippen molar-refractivity contribution in [2.75, 3.05) is 0 Å². The van der Waals surface area contributed by atoms with Gasteiger partial charge in [0.15, 0.2) is 0 Å². The second kappa shape index (κ2) is 5.67. The number of rotatable bonds is 5. The fraction of sp³-hybridized carbons (Fsp3) is 0.923. The summed E-state index contributed by atoms with van der Waals surface area (Å²) in [6.45, 7) is 13.8. The summed E-state index contributed by atoms with van der Waals surface area (Å²) in [5, 5.41) is 0. The van der Waals surface area contributed by atoms with E-state index in [9.17, 15) is 0 Å². The SMILES string of the molecule is C[C](C)CCC(C)CCC(C)(C)C. The Labute approximate surface area is 85.1 Å². The third-order valence-electron chi connectivity index (χ3n) is 2.52. The first-order valence-corrected chi connectivity index (χ1v) is 5.60. The van der Waals surface area contributed by atoms with Gasteiger partial charge in [0.2, 0.25) is 0 Å². The van der Waals surface area contributed by atoms with Crippen molar-refractivity contribution in [3.63, 3.8) is 0 Å². The molecule has 1 radical (unpaired) electrons. The first-order chi connectivity index (χ1) is 5.81. The lowest BCUT2D eigenvalue weighted by molar-refractivity contribution is 0.322. The Bertz CT molecular complexity index is 116. The zero-order valence-corrected chi connectivity index (χ0v) is 10.4. The van der Waals surface area contributed by atoms with Crippen LogP contribution in [0.3, 0.4) is 0 Å². The van der Waals surface area contributed by atoms with Gasteiger partial charge in [-0.25, -0.2) is 0 Å². The Hall–Kier alpha value is 0. The van der Waals surface area contributed by atoms with Crippen LogP contribution < -0.4 is 0 Å². The molecule has 0 saturated heterocycles. The first kappa shape index (κ1) is 13.0. The Balaban J connectivity index is 3.46. The molecule has 0 heteroatoms. The Kier molecular flexibility index (Phi) is 5.67. The van der Waals surface area contributed by atoms with Crippen LogP contribution in [0.4, 0.5) is 0 Å². The van der Waals surface area contributed by atoms with E-state index in [1.54, 1.807) is 5.92 Å². The van der Waals surface area contributed by atoms with Gasteiger partial charge in [-0.05, 0) is 30.1 Å². The minimum absolute atomic E-state index is 0.513. The van der Waals surface area contributed by atoms with Crippen molar-refractivity contribution in [3.8, 4) is 0 Å². The molecule has 1 atom stereocenters.